The van der Waals surface area contributed by atoms with E-state index in [1.165, 1.54) is 24.5 Å². The number of nitrogens with zero attached hydrogens (tertiary/aromatic N) is 4. The fourth-order valence-corrected chi connectivity index (χ4v) is 2.35. The maximum Gasteiger partial charge on any atom is 0.142 e. The Hall–Kier alpha value is -2.76. The van der Waals surface area contributed by atoms with Gasteiger partial charge in [-0.25, -0.2) is 8.78 Å². The number of pyridine rings is 2. The number of fused-ring (bicyclic) bond motifs is 6. The number of aromatic nitrogens is 4. The molecule has 0 fully saturated rings. The number of rotatable bonds is 0. The fraction of sp³-hybridized carbons (Fsp3) is 0. The third kappa shape index (κ3) is 1.45. The van der Waals surface area contributed by atoms with Crippen molar-refractivity contribution in [2.75, 3.05) is 0 Å². The summed E-state index contributed by atoms with van der Waals surface area (Å²) in [5.74, 6) is -0.933. The minimum Gasteiger partial charge on any atom is -0.252 e. The number of halogens is 2. The Morgan fingerprint density at radius 1 is 0.600 bits per heavy atom. The van der Waals surface area contributed by atoms with E-state index < -0.39 is 11.6 Å². The average molecular weight is 268 g/mol. The molecule has 20 heavy (non-hydrogen) atoms. The summed E-state index contributed by atoms with van der Waals surface area (Å²) in [4.78, 5) is 16.5. The third-order valence-electron chi connectivity index (χ3n) is 3.14. The number of hydrogen-bond donors (Lipinski definition) is 0. The summed E-state index contributed by atoms with van der Waals surface area (Å²) in [6.45, 7) is 0. The Morgan fingerprint density at radius 2 is 1.00 bits per heavy atom. The van der Waals surface area contributed by atoms with Gasteiger partial charge in [0.05, 0.1) is 34.5 Å². The molecule has 0 amide bonds. The lowest BCUT2D eigenvalue weighted by molar-refractivity contribution is 0.623. The molecule has 4 nitrogen and oxygen atoms in total. The van der Waals surface area contributed by atoms with Gasteiger partial charge in [-0.05, 0) is 12.1 Å². The van der Waals surface area contributed by atoms with Crippen molar-refractivity contribution in [3.05, 3.63) is 48.6 Å². The van der Waals surface area contributed by atoms with Crippen molar-refractivity contribution >= 4 is 32.8 Å². The van der Waals surface area contributed by atoms with Crippen LogP contribution >= 0.6 is 0 Å². The maximum absolute atomic E-state index is 13.4. The minimum absolute atomic E-state index is 0.467. The second-order valence-corrected chi connectivity index (χ2v) is 4.35. The van der Waals surface area contributed by atoms with Crippen molar-refractivity contribution in [2.24, 2.45) is 0 Å². The molecule has 0 bridgehead atoms. The predicted molar refractivity (Wildman–Crippen MR) is 70.1 cm³/mol. The monoisotopic (exact) mass is 268 g/mol. The minimum atomic E-state index is -0.467. The highest BCUT2D eigenvalue weighted by Gasteiger charge is 2.13. The lowest BCUT2D eigenvalue weighted by Crippen LogP contribution is -1.93. The van der Waals surface area contributed by atoms with Gasteiger partial charge >= 0.3 is 0 Å². The quantitative estimate of drug-likeness (QED) is 0.460. The Balaban J connectivity index is 2.40. The van der Waals surface area contributed by atoms with E-state index in [0.717, 1.165) is 12.4 Å². The Bertz CT molecular complexity index is 884. The maximum atomic E-state index is 13.4. The molecule has 6 heteroatoms. The normalized spacial score (nSPS) is 11.5. The van der Waals surface area contributed by atoms with Crippen LogP contribution in [-0.2, 0) is 0 Å². The van der Waals surface area contributed by atoms with E-state index in [1.54, 1.807) is 0 Å². The van der Waals surface area contributed by atoms with Gasteiger partial charge in [0, 0.05) is 23.2 Å². The summed E-state index contributed by atoms with van der Waals surface area (Å²) in [5.41, 5.74) is 1.92. The molecule has 0 N–H and O–H groups in total. The molecule has 0 saturated heterocycles. The molecule has 0 aliphatic heterocycles. The second-order valence-electron chi connectivity index (χ2n) is 4.35. The smallest absolute Gasteiger partial charge is 0.142 e. The van der Waals surface area contributed by atoms with E-state index in [2.05, 4.69) is 19.9 Å². The van der Waals surface area contributed by atoms with Gasteiger partial charge in [0.15, 0.2) is 0 Å². The van der Waals surface area contributed by atoms with E-state index in [-0.39, 0.29) is 0 Å². The molecule has 1 aromatic carbocycles. The van der Waals surface area contributed by atoms with Crippen LogP contribution in [0.4, 0.5) is 8.78 Å². The van der Waals surface area contributed by atoms with Crippen LogP contribution in [-0.4, -0.2) is 19.9 Å². The van der Waals surface area contributed by atoms with E-state index in [0.29, 0.717) is 32.8 Å². The van der Waals surface area contributed by atoms with Crippen molar-refractivity contribution < 1.29 is 8.78 Å². The summed E-state index contributed by atoms with van der Waals surface area (Å²) >= 11 is 0. The van der Waals surface area contributed by atoms with Crippen molar-refractivity contribution in [2.45, 2.75) is 0 Å². The van der Waals surface area contributed by atoms with Gasteiger partial charge in [0.1, 0.15) is 11.6 Å². The van der Waals surface area contributed by atoms with E-state index in [4.69, 9.17) is 0 Å². The van der Waals surface area contributed by atoms with Crippen LogP contribution in [0.3, 0.4) is 0 Å². The van der Waals surface area contributed by atoms with E-state index >= 15 is 0 Å². The molecule has 3 aromatic heterocycles. The molecule has 0 aliphatic rings. The van der Waals surface area contributed by atoms with Gasteiger partial charge in [-0.15, -0.1) is 0 Å². The molecule has 0 spiro atoms. The molecule has 3 heterocycles. The van der Waals surface area contributed by atoms with Gasteiger partial charge in [-0.1, -0.05) is 0 Å². The summed E-state index contributed by atoms with van der Waals surface area (Å²) in [7, 11) is 0. The molecule has 0 unspecified atom stereocenters. The molecular formula is C14H6F2N4. The molecule has 0 radical (unpaired) electrons. The van der Waals surface area contributed by atoms with Gasteiger partial charge in [-0.3, -0.25) is 19.9 Å². The van der Waals surface area contributed by atoms with Crippen LogP contribution < -0.4 is 0 Å². The van der Waals surface area contributed by atoms with E-state index in [1.807, 2.05) is 0 Å². The Labute approximate surface area is 111 Å². The third-order valence-corrected chi connectivity index (χ3v) is 3.14. The van der Waals surface area contributed by atoms with Crippen molar-refractivity contribution in [3.63, 3.8) is 0 Å². The summed E-state index contributed by atoms with van der Waals surface area (Å²) in [5, 5.41) is 1.03. The Kier molecular flexibility index (Phi) is 2.14. The van der Waals surface area contributed by atoms with Crippen LogP contribution in [0.2, 0.25) is 0 Å². The van der Waals surface area contributed by atoms with Crippen LogP contribution in [0, 0.1) is 11.6 Å². The van der Waals surface area contributed by atoms with Crippen LogP contribution in [0.5, 0.6) is 0 Å². The first-order valence-electron chi connectivity index (χ1n) is 5.87. The summed E-state index contributed by atoms with van der Waals surface area (Å²) in [6, 6.07) is 2.67. The van der Waals surface area contributed by atoms with E-state index in [9.17, 15) is 8.78 Å². The lowest BCUT2D eigenvalue weighted by Gasteiger charge is -2.07. The first-order valence-corrected chi connectivity index (χ1v) is 5.87. The van der Waals surface area contributed by atoms with Gasteiger partial charge < -0.3 is 0 Å². The fourth-order valence-electron chi connectivity index (χ4n) is 2.35. The first kappa shape index (κ1) is 11.1. The highest BCUT2D eigenvalue weighted by molar-refractivity contribution is 6.20. The van der Waals surface area contributed by atoms with Gasteiger partial charge in [0.25, 0.3) is 0 Å². The average Bonchev–Trinajstić information content (AvgIpc) is 2.47. The zero-order valence-corrected chi connectivity index (χ0v) is 10.0. The van der Waals surface area contributed by atoms with Crippen LogP contribution in [0.25, 0.3) is 32.8 Å². The molecule has 4 rings (SSSR count). The van der Waals surface area contributed by atoms with Gasteiger partial charge in [0.2, 0.25) is 0 Å². The molecular weight excluding hydrogens is 262 g/mol. The van der Waals surface area contributed by atoms with Crippen molar-refractivity contribution in [1.29, 1.82) is 0 Å². The largest absolute Gasteiger partial charge is 0.252 e. The molecule has 96 valence electrons. The highest BCUT2D eigenvalue weighted by atomic mass is 19.1. The molecule has 0 saturated carbocycles. The molecule has 0 aliphatic carbocycles. The number of benzene rings is 1. The lowest BCUT2D eigenvalue weighted by atomic mass is 10.1. The first-order chi connectivity index (χ1) is 9.74. The summed E-state index contributed by atoms with van der Waals surface area (Å²) in [6.07, 6.45) is 5.22. The topological polar surface area (TPSA) is 51.6 Å². The summed E-state index contributed by atoms with van der Waals surface area (Å²) < 4.78 is 26.9. The predicted octanol–water partition coefficient (Wildman–Crippen LogP) is 3.00. The van der Waals surface area contributed by atoms with Crippen molar-refractivity contribution in [3.8, 4) is 0 Å². The molecule has 0 atom stereocenters. The zero-order valence-electron chi connectivity index (χ0n) is 10.0. The highest BCUT2D eigenvalue weighted by Crippen LogP contribution is 2.30. The molecule has 4 aromatic rings. The zero-order chi connectivity index (χ0) is 13.7. The second kappa shape index (κ2) is 3.86. The van der Waals surface area contributed by atoms with Crippen LogP contribution in [0.1, 0.15) is 0 Å². The van der Waals surface area contributed by atoms with Crippen LogP contribution in [0.15, 0.2) is 36.9 Å². The standard InChI is InChI=1S/C14H6F2N4/c15-7-3-9-11-12(18-2-1-17-11)10-4-8(16)6-20-14(10)13(9)19-5-7/h1-6H. The van der Waals surface area contributed by atoms with Crippen molar-refractivity contribution in [1.82, 2.24) is 19.9 Å². The van der Waals surface area contributed by atoms with Gasteiger partial charge in [-0.2, -0.15) is 0 Å². The Morgan fingerprint density at radius 3 is 1.45 bits per heavy atom. The SMILES string of the molecule is Fc1cnc2c(c1)c1nccnc1c1cc(F)cnc12. The number of hydrogen-bond acceptors (Lipinski definition) is 4.